The van der Waals surface area contributed by atoms with Crippen LogP contribution in [0.5, 0.6) is 5.75 Å². The van der Waals surface area contributed by atoms with Gasteiger partial charge in [-0.05, 0) is 19.4 Å². The molecule has 2 N–H and O–H groups in total. The van der Waals surface area contributed by atoms with Gasteiger partial charge >= 0.3 is 0 Å². The number of amides is 2. The van der Waals surface area contributed by atoms with E-state index in [1.807, 2.05) is 13.0 Å². The second kappa shape index (κ2) is 5.30. The van der Waals surface area contributed by atoms with Crippen LogP contribution in [-0.4, -0.2) is 34.9 Å². The van der Waals surface area contributed by atoms with Gasteiger partial charge in [-0.25, -0.2) is 0 Å². The molecule has 5 heteroatoms. The molecule has 1 aliphatic rings. The summed E-state index contributed by atoms with van der Waals surface area (Å²) in [6, 6.07) is 6.27. The molecule has 1 heterocycles. The lowest BCUT2D eigenvalue weighted by Crippen LogP contribution is -2.43. The number of aromatic hydroxyl groups is 1. The molecule has 102 valence electrons. The first kappa shape index (κ1) is 13.4. The summed E-state index contributed by atoms with van der Waals surface area (Å²) in [6.07, 6.45) is 0.935. The summed E-state index contributed by atoms with van der Waals surface area (Å²) in [5, 5.41) is 12.5. The summed E-state index contributed by atoms with van der Waals surface area (Å²) < 4.78 is 0. The van der Waals surface area contributed by atoms with Crippen LogP contribution in [0.15, 0.2) is 24.3 Å². The molecule has 1 fully saturated rings. The summed E-state index contributed by atoms with van der Waals surface area (Å²) in [5.74, 6) is -0.0336. The van der Waals surface area contributed by atoms with Crippen LogP contribution in [0.3, 0.4) is 0 Å². The average Bonchev–Trinajstić information content (AvgIpc) is 2.83. The van der Waals surface area contributed by atoms with Gasteiger partial charge in [-0.2, -0.15) is 0 Å². The molecule has 0 spiro atoms. The van der Waals surface area contributed by atoms with Gasteiger partial charge in [0.1, 0.15) is 11.8 Å². The van der Waals surface area contributed by atoms with Crippen molar-refractivity contribution in [1.82, 2.24) is 10.2 Å². The largest absolute Gasteiger partial charge is 0.508 e. The molecule has 2 amide bonds. The Labute approximate surface area is 112 Å². The first-order chi connectivity index (χ1) is 9.00. The lowest BCUT2D eigenvalue weighted by Gasteiger charge is -2.28. The monoisotopic (exact) mass is 262 g/mol. The van der Waals surface area contributed by atoms with Crippen molar-refractivity contribution in [3.8, 4) is 5.75 Å². The maximum Gasteiger partial charge on any atom is 0.245 e. The molecule has 2 rings (SSSR count). The Morgan fingerprint density at radius 1 is 1.47 bits per heavy atom. The molecular formula is C14H18N2O3. The minimum absolute atomic E-state index is 0.0815. The fourth-order valence-electron chi connectivity index (χ4n) is 2.29. The van der Waals surface area contributed by atoms with Crippen LogP contribution in [-0.2, 0) is 9.59 Å². The number of benzene rings is 1. The standard InChI is InChI=1S/C14H18N2O3/c1-9(10-5-3-4-6-12(10)17)16(2)14(19)11-7-8-13(18)15-11/h3-6,9,11,17H,7-8H2,1-2H3,(H,15,18)/t9?,11-/m0/s1. The molecule has 5 nitrogen and oxygen atoms in total. The molecule has 0 bridgehead atoms. The zero-order valence-corrected chi connectivity index (χ0v) is 11.1. The molecule has 1 aliphatic heterocycles. The highest BCUT2D eigenvalue weighted by Crippen LogP contribution is 2.28. The van der Waals surface area contributed by atoms with Crippen molar-refractivity contribution in [3.63, 3.8) is 0 Å². The number of likely N-dealkylation sites (N-methyl/N-ethyl adjacent to an activating group) is 1. The molecule has 19 heavy (non-hydrogen) atoms. The van der Waals surface area contributed by atoms with Crippen LogP contribution in [0.2, 0.25) is 0 Å². The van der Waals surface area contributed by atoms with E-state index in [1.165, 1.54) is 0 Å². The van der Waals surface area contributed by atoms with Crippen molar-refractivity contribution in [1.29, 1.82) is 0 Å². The molecule has 1 saturated heterocycles. The Morgan fingerprint density at radius 2 is 2.16 bits per heavy atom. The lowest BCUT2D eigenvalue weighted by atomic mass is 10.0. The maximum atomic E-state index is 12.2. The third-order valence-electron chi connectivity index (χ3n) is 3.61. The van der Waals surface area contributed by atoms with E-state index in [0.29, 0.717) is 18.4 Å². The van der Waals surface area contributed by atoms with E-state index in [0.717, 1.165) is 0 Å². The highest BCUT2D eigenvalue weighted by Gasteiger charge is 2.31. The molecule has 0 aromatic heterocycles. The highest BCUT2D eigenvalue weighted by atomic mass is 16.3. The first-order valence-corrected chi connectivity index (χ1v) is 6.34. The average molecular weight is 262 g/mol. The molecule has 0 radical (unpaired) electrons. The number of phenolic OH excluding ortho intramolecular Hbond substituents is 1. The number of para-hydroxylation sites is 1. The van der Waals surface area contributed by atoms with Gasteiger partial charge in [0, 0.05) is 19.0 Å². The number of carbonyl (C=O) groups excluding carboxylic acids is 2. The zero-order chi connectivity index (χ0) is 14.0. The van der Waals surface area contributed by atoms with E-state index in [2.05, 4.69) is 5.32 Å². The molecule has 0 aliphatic carbocycles. The smallest absolute Gasteiger partial charge is 0.245 e. The SMILES string of the molecule is CC(c1ccccc1O)N(C)C(=O)[C@@H]1CCC(=O)N1. The van der Waals surface area contributed by atoms with Gasteiger partial charge in [0.05, 0.1) is 6.04 Å². The van der Waals surface area contributed by atoms with Gasteiger partial charge in [0.25, 0.3) is 0 Å². The molecule has 2 atom stereocenters. The minimum Gasteiger partial charge on any atom is -0.508 e. The van der Waals surface area contributed by atoms with E-state index >= 15 is 0 Å². The van der Waals surface area contributed by atoms with Gasteiger partial charge in [0.2, 0.25) is 11.8 Å². The van der Waals surface area contributed by atoms with Gasteiger partial charge in [-0.15, -0.1) is 0 Å². The highest BCUT2D eigenvalue weighted by molar-refractivity contribution is 5.90. The summed E-state index contributed by atoms with van der Waals surface area (Å²) in [6.45, 7) is 1.85. The van der Waals surface area contributed by atoms with Gasteiger partial charge in [-0.3, -0.25) is 9.59 Å². The molecule has 1 aromatic rings. The molecule has 1 aromatic carbocycles. The van der Waals surface area contributed by atoms with Crippen LogP contribution < -0.4 is 5.32 Å². The number of rotatable bonds is 3. The van der Waals surface area contributed by atoms with Gasteiger partial charge in [0.15, 0.2) is 0 Å². The quantitative estimate of drug-likeness (QED) is 0.859. The second-order valence-corrected chi connectivity index (χ2v) is 4.84. The number of hydrogen-bond donors (Lipinski definition) is 2. The molecule has 1 unspecified atom stereocenters. The summed E-state index contributed by atoms with van der Waals surface area (Å²) in [4.78, 5) is 25.0. The van der Waals surface area contributed by atoms with E-state index < -0.39 is 6.04 Å². The zero-order valence-electron chi connectivity index (χ0n) is 11.1. The number of nitrogens with one attached hydrogen (secondary N) is 1. The predicted octanol–water partition coefficient (Wildman–Crippen LogP) is 1.19. The van der Waals surface area contributed by atoms with Crippen molar-refractivity contribution in [2.75, 3.05) is 7.05 Å². The van der Waals surface area contributed by atoms with Crippen LogP contribution in [0, 0.1) is 0 Å². The van der Waals surface area contributed by atoms with Gasteiger partial charge < -0.3 is 15.3 Å². The third-order valence-corrected chi connectivity index (χ3v) is 3.61. The third kappa shape index (κ3) is 2.70. The summed E-state index contributed by atoms with van der Waals surface area (Å²) >= 11 is 0. The maximum absolute atomic E-state index is 12.2. The van der Waals surface area contributed by atoms with Crippen LogP contribution >= 0.6 is 0 Å². The van der Waals surface area contributed by atoms with Crippen molar-refractivity contribution < 1.29 is 14.7 Å². The topological polar surface area (TPSA) is 69.6 Å². The number of nitrogens with zero attached hydrogens (tertiary/aromatic N) is 1. The summed E-state index contributed by atoms with van der Waals surface area (Å²) in [7, 11) is 1.68. The number of hydrogen-bond acceptors (Lipinski definition) is 3. The van der Waals surface area contributed by atoms with E-state index in [4.69, 9.17) is 0 Å². The normalized spacial score (nSPS) is 19.9. The van der Waals surface area contributed by atoms with Gasteiger partial charge in [-0.1, -0.05) is 18.2 Å². The Morgan fingerprint density at radius 3 is 2.74 bits per heavy atom. The summed E-state index contributed by atoms with van der Waals surface area (Å²) in [5.41, 5.74) is 0.697. The van der Waals surface area contributed by atoms with Crippen LogP contribution in [0.1, 0.15) is 31.4 Å². The Hall–Kier alpha value is -2.04. The molecule has 0 saturated carbocycles. The first-order valence-electron chi connectivity index (χ1n) is 6.34. The van der Waals surface area contributed by atoms with Crippen LogP contribution in [0.4, 0.5) is 0 Å². The predicted molar refractivity (Wildman–Crippen MR) is 70.5 cm³/mol. The minimum atomic E-state index is -0.439. The fraction of sp³-hybridized carbons (Fsp3) is 0.429. The van der Waals surface area contributed by atoms with E-state index in [9.17, 15) is 14.7 Å². The number of carbonyl (C=O) groups is 2. The fourth-order valence-corrected chi connectivity index (χ4v) is 2.29. The lowest BCUT2D eigenvalue weighted by molar-refractivity contribution is -0.135. The van der Waals surface area contributed by atoms with Crippen LogP contribution in [0.25, 0.3) is 0 Å². The van der Waals surface area contributed by atoms with Crippen molar-refractivity contribution in [3.05, 3.63) is 29.8 Å². The second-order valence-electron chi connectivity index (χ2n) is 4.84. The van der Waals surface area contributed by atoms with E-state index in [1.54, 1.807) is 30.1 Å². The number of phenols is 1. The Bertz CT molecular complexity index is 501. The van der Waals surface area contributed by atoms with Crippen molar-refractivity contribution in [2.24, 2.45) is 0 Å². The molecular weight excluding hydrogens is 244 g/mol. The van der Waals surface area contributed by atoms with E-state index in [-0.39, 0.29) is 23.6 Å². The Balaban J connectivity index is 2.11. The Kier molecular flexibility index (Phi) is 3.74. The van der Waals surface area contributed by atoms with Crippen molar-refractivity contribution in [2.45, 2.75) is 31.8 Å². The van der Waals surface area contributed by atoms with Crippen molar-refractivity contribution >= 4 is 11.8 Å².